The summed E-state index contributed by atoms with van der Waals surface area (Å²) in [4.78, 5) is 12.5. The van der Waals surface area contributed by atoms with Crippen molar-refractivity contribution in [1.82, 2.24) is 20.1 Å². The van der Waals surface area contributed by atoms with Gasteiger partial charge in [-0.3, -0.25) is 9.36 Å². The van der Waals surface area contributed by atoms with E-state index in [1.54, 1.807) is 0 Å². The Balaban J connectivity index is 1.48. The number of carbonyl (C=O) groups excluding carboxylic acids is 1. The number of halogens is 1. The van der Waals surface area contributed by atoms with Crippen LogP contribution in [0, 0.1) is 0 Å². The second-order valence-electron chi connectivity index (χ2n) is 8.14. The highest BCUT2D eigenvalue weighted by Gasteiger charge is 2.26. The van der Waals surface area contributed by atoms with Crippen molar-refractivity contribution in [2.24, 2.45) is 0 Å². The average Bonchev–Trinajstić information content (AvgIpc) is 3.32. The first-order valence-corrected chi connectivity index (χ1v) is 12.2. The molecule has 0 spiro atoms. The van der Waals surface area contributed by atoms with E-state index in [2.05, 4.69) is 20.1 Å². The van der Waals surface area contributed by atoms with E-state index in [0.29, 0.717) is 22.9 Å². The number of benzene rings is 1. The molecule has 1 amide bonds. The van der Waals surface area contributed by atoms with Gasteiger partial charge in [-0.1, -0.05) is 74.0 Å². The molecule has 156 valence electrons. The van der Waals surface area contributed by atoms with Crippen LogP contribution in [0.2, 0.25) is 5.02 Å². The molecule has 5 nitrogen and oxygen atoms in total. The number of aromatic nitrogens is 3. The summed E-state index contributed by atoms with van der Waals surface area (Å²) in [7, 11) is 0. The van der Waals surface area contributed by atoms with Gasteiger partial charge in [0.2, 0.25) is 5.91 Å². The quantitative estimate of drug-likeness (QED) is 0.473. The van der Waals surface area contributed by atoms with Crippen LogP contribution in [-0.2, 0) is 4.79 Å². The van der Waals surface area contributed by atoms with E-state index in [1.165, 1.54) is 50.3 Å². The van der Waals surface area contributed by atoms with Gasteiger partial charge in [-0.05, 0) is 37.8 Å². The average molecular weight is 433 g/mol. The fourth-order valence-corrected chi connectivity index (χ4v) is 5.55. The third kappa shape index (κ3) is 5.15. The van der Waals surface area contributed by atoms with Crippen molar-refractivity contribution in [2.75, 3.05) is 5.75 Å². The lowest BCUT2D eigenvalue weighted by Crippen LogP contribution is -2.35. The zero-order valence-corrected chi connectivity index (χ0v) is 18.4. The Hall–Kier alpha value is -1.53. The monoisotopic (exact) mass is 432 g/mol. The van der Waals surface area contributed by atoms with Gasteiger partial charge in [-0.2, -0.15) is 0 Å². The van der Waals surface area contributed by atoms with E-state index >= 15 is 0 Å². The van der Waals surface area contributed by atoms with Gasteiger partial charge < -0.3 is 5.32 Å². The van der Waals surface area contributed by atoms with Crippen molar-refractivity contribution in [3.63, 3.8) is 0 Å². The van der Waals surface area contributed by atoms with Crippen LogP contribution >= 0.6 is 23.4 Å². The highest BCUT2D eigenvalue weighted by Crippen LogP contribution is 2.38. The van der Waals surface area contributed by atoms with E-state index < -0.39 is 0 Å². The topological polar surface area (TPSA) is 59.8 Å². The number of nitrogens with zero attached hydrogens (tertiary/aromatic N) is 3. The van der Waals surface area contributed by atoms with Gasteiger partial charge in [0, 0.05) is 17.6 Å². The van der Waals surface area contributed by atoms with Crippen molar-refractivity contribution < 1.29 is 4.79 Å². The van der Waals surface area contributed by atoms with Crippen LogP contribution in [0.15, 0.2) is 29.4 Å². The van der Waals surface area contributed by atoms with Gasteiger partial charge in [0.25, 0.3) is 0 Å². The van der Waals surface area contributed by atoms with Crippen LogP contribution in [0.3, 0.4) is 0 Å². The van der Waals surface area contributed by atoms with Gasteiger partial charge in [0.05, 0.1) is 10.8 Å². The standard InChI is InChI=1S/C22H29ClN4OS/c23-19-14-8-7-13-18(19)21-25-26-22(27(21)17-11-5-6-12-17)29-15-20(28)24-16-9-3-1-2-4-10-16/h7-8,13-14,16-17H,1-6,9-12,15H2,(H,24,28). The molecule has 0 unspecified atom stereocenters. The van der Waals surface area contributed by atoms with Gasteiger partial charge in [0.1, 0.15) is 0 Å². The van der Waals surface area contributed by atoms with Crippen molar-refractivity contribution in [2.45, 2.75) is 81.4 Å². The summed E-state index contributed by atoms with van der Waals surface area (Å²) in [5, 5.41) is 13.7. The Labute approximate surface area is 182 Å². The lowest BCUT2D eigenvalue weighted by molar-refractivity contribution is -0.119. The molecule has 2 fully saturated rings. The second-order valence-corrected chi connectivity index (χ2v) is 9.49. The molecule has 0 saturated heterocycles. The Bertz CT molecular complexity index is 826. The first-order valence-electron chi connectivity index (χ1n) is 10.8. The van der Waals surface area contributed by atoms with Gasteiger partial charge in [-0.15, -0.1) is 10.2 Å². The number of hydrogen-bond acceptors (Lipinski definition) is 4. The van der Waals surface area contributed by atoms with E-state index in [1.807, 2.05) is 24.3 Å². The minimum absolute atomic E-state index is 0.0992. The molecule has 2 aromatic rings. The maximum Gasteiger partial charge on any atom is 0.230 e. The summed E-state index contributed by atoms with van der Waals surface area (Å²) in [6, 6.07) is 8.49. The SMILES string of the molecule is O=C(CSc1nnc(-c2ccccc2Cl)n1C1CCCC1)NC1CCCCCC1. The fourth-order valence-electron chi connectivity index (χ4n) is 4.52. The van der Waals surface area contributed by atoms with Crippen molar-refractivity contribution in [3.8, 4) is 11.4 Å². The van der Waals surface area contributed by atoms with Crippen LogP contribution in [0.1, 0.15) is 70.3 Å². The molecule has 4 rings (SSSR count). The zero-order chi connectivity index (χ0) is 20.1. The molecule has 2 saturated carbocycles. The molecule has 2 aliphatic carbocycles. The van der Waals surface area contributed by atoms with Crippen LogP contribution < -0.4 is 5.32 Å². The highest BCUT2D eigenvalue weighted by molar-refractivity contribution is 7.99. The molecular weight excluding hydrogens is 404 g/mol. The highest BCUT2D eigenvalue weighted by atomic mass is 35.5. The van der Waals surface area contributed by atoms with Gasteiger partial charge in [0.15, 0.2) is 11.0 Å². The molecular formula is C22H29ClN4OS. The van der Waals surface area contributed by atoms with Crippen molar-refractivity contribution in [1.29, 1.82) is 0 Å². The number of thioether (sulfide) groups is 1. The smallest absolute Gasteiger partial charge is 0.230 e. The fraction of sp³-hybridized carbons (Fsp3) is 0.591. The molecule has 1 N–H and O–H groups in total. The zero-order valence-electron chi connectivity index (χ0n) is 16.8. The number of nitrogens with one attached hydrogen (secondary N) is 1. The van der Waals surface area contributed by atoms with E-state index in [9.17, 15) is 4.79 Å². The van der Waals surface area contributed by atoms with Crippen LogP contribution in [0.5, 0.6) is 0 Å². The molecule has 1 aromatic carbocycles. The molecule has 1 aromatic heterocycles. The lowest BCUT2D eigenvalue weighted by atomic mass is 10.1. The Morgan fingerprint density at radius 3 is 2.45 bits per heavy atom. The van der Waals surface area contributed by atoms with E-state index in [4.69, 9.17) is 11.6 Å². The summed E-state index contributed by atoms with van der Waals surface area (Å²) >= 11 is 7.94. The number of amides is 1. The third-order valence-corrected chi connectivity index (χ3v) is 7.29. The minimum atomic E-state index is 0.0992. The molecule has 29 heavy (non-hydrogen) atoms. The lowest BCUT2D eigenvalue weighted by Gasteiger charge is -2.18. The Morgan fingerprint density at radius 1 is 1.03 bits per heavy atom. The first-order chi connectivity index (χ1) is 14.2. The maximum atomic E-state index is 12.5. The largest absolute Gasteiger partial charge is 0.353 e. The third-order valence-electron chi connectivity index (χ3n) is 6.02. The van der Waals surface area contributed by atoms with Crippen molar-refractivity contribution >= 4 is 29.3 Å². The van der Waals surface area contributed by atoms with E-state index in [0.717, 1.165) is 42.2 Å². The first kappa shape index (κ1) is 20.7. The molecule has 1 heterocycles. The second kappa shape index (κ2) is 9.98. The predicted molar refractivity (Wildman–Crippen MR) is 118 cm³/mol. The summed E-state index contributed by atoms with van der Waals surface area (Å²) in [6.45, 7) is 0. The number of hydrogen-bond donors (Lipinski definition) is 1. The molecule has 0 atom stereocenters. The minimum Gasteiger partial charge on any atom is -0.353 e. The van der Waals surface area contributed by atoms with Crippen LogP contribution in [0.4, 0.5) is 0 Å². The molecule has 7 heteroatoms. The van der Waals surface area contributed by atoms with Gasteiger partial charge >= 0.3 is 0 Å². The normalized spacial score (nSPS) is 18.7. The number of carbonyl (C=O) groups is 1. The van der Waals surface area contributed by atoms with Gasteiger partial charge in [-0.25, -0.2) is 0 Å². The number of rotatable bonds is 6. The maximum absolute atomic E-state index is 12.5. The summed E-state index contributed by atoms with van der Waals surface area (Å²) in [6.07, 6.45) is 11.9. The Kier molecular flexibility index (Phi) is 7.14. The van der Waals surface area contributed by atoms with E-state index in [-0.39, 0.29) is 5.91 Å². The summed E-state index contributed by atoms with van der Waals surface area (Å²) in [5.74, 6) is 1.29. The molecule has 0 bridgehead atoms. The summed E-state index contributed by atoms with van der Waals surface area (Å²) < 4.78 is 2.22. The molecule has 0 aliphatic heterocycles. The summed E-state index contributed by atoms with van der Waals surface area (Å²) in [5.41, 5.74) is 0.906. The molecule has 0 radical (unpaired) electrons. The Morgan fingerprint density at radius 2 is 1.72 bits per heavy atom. The molecule has 2 aliphatic rings. The predicted octanol–water partition coefficient (Wildman–Crippen LogP) is 5.64. The van der Waals surface area contributed by atoms with Crippen LogP contribution in [-0.4, -0.2) is 32.5 Å². The van der Waals surface area contributed by atoms with Crippen molar-refractivity contribution in [3.05, 3.63) is 29.3 Å². The van der Waals surface area contributed by atoms with Crippen LogP contribution in [0.25, 0.3) is 11.4 Å².